The lowest BCUT2D eigenvalue weighted by Gasteiger charge is -2.16. The highest BCUT2D eigenvalue weighted by Gasteiger charge is 2.23. The summed E-state index contributed by atoms with van der Waals surface area (Å²) in [6.07, 6.45) is 0. The first-order chi connectivity index (χ1) is 15.6. The van der Waals surface area contributed by atoms with E-state index in [0.717, 1.165) is 22.5 Å². The van der Waals surface area contributed by atoms with E-state index in [-0.39, 0.29) is 12.5 Å². The second-order valence-corrected chi connectivity index (χ2v) is 9.53. The molecule has 1 heterocycles. The van der Waals surface area contributed by atoms with E-state index >= 15 is 0 Å². The Bertz CT molecular complexity index is 1150. The molecular formula is C25H27N3O4S. The van der Waals surface area contributed by atoms with Crippen LogP contribution in [-0.2, 0) is 9.59 Å². The molecule has 2 aromatic carbocycles. The lowest BCUT2D eigenvalue weighted by Crippen LogP contribution is -2.43. The van der Waals surface area contributed by atoms with Gasteiger partial charge in [0.25, 0.3) is 11.8 Å². The first-order valence-corrected chi connectivity index (χ1v) is 11.2. The van der Waals surface area contributed by atoms with Crippen molar-refractivity contribution in [2.24, 2.45) is 5.41 Å². The van der Waals surface area contributed by atoms with E-state index in [1.807, 2.05) is 69.3 Å². The number of thiophene rings is 1. The van der Waals surface area contributed by atoms with E-state index in [4.69, 9.17) is 4.74 Å². The predicted octanol–water partition coefficient (Wildman–Crippen LogP) is 4.55. The van der Waals surface area contributed by atoms with Crippen LogP contribution in [0.15, 0.2) is 60.7 Å². The minimum absolute atomic E-state index is 0.142. The third-order valence-electron chi connectivity index (χ3n) is 4.69. The number of carbonyl (C=O) groups excluding carboxylic acids is 3. The van der Waals surface area contributed by atoms with E-state index in [1.165, 1.54) is 0 Å². The molecular weight excluding hydrogens is 438 g/mol. The van der Waals surface area contributed by atoms with Gasteiger partial charge in [0.1, 0.15) is 5.75 Å². The molecule has 33 heavy (non-hydrogen) atoms. The van der Waals surface area contributed by atoms with Gasteiger partial charge in [-0.3, -0.25) is 25.2 Å². The summed E-state index contributed by atoms with van der Waals surface area (Å²) in [7, 11) is 0. The zero-order chi connectivity index (χ0) is 24.0. The molecule has 172 valence electrons. The predicted molar refractivity (Wildman–Crippen MR) is 130 cm³/mol. The molecule has 0 aliphatic carbocycles. The normalized spacial score (nSPS) is 10.9. The van der Waals surface area contributed by atoms with Gasteiger partial charge in [-0.1, -0.05) is 69.3 Å². The average molecular weight is 466 g/mol. The van der Waals surface area contributed by atoms with Crippen LogP contribution in [0.2, 0.25) is 0 Å². The summed E-state index contributed by atoms with van der Waals surface area (Å²) in [6, 6.07) is 18.9. The monoisotopic (exact) mass is 465 g/mol. The number of ether oxygens (including phenoxy) is 1. The molecule has 0 unspecified atom stereocenters. The molecule has 3 rings (SSSR count). The summed E-state index contributed by atoms with van der Waals surface area (Å²) in [6.45, 7) is 6.94. The van der Waals surface area contributed by atoms with E-state index in [9.17, 15) is 14.4 Å². The van der Waals surface area contributed by atoms with Gasteiger partial charge in [0.15, 0.2) is 6.61 Å². The molecule has 0 atom stereocenters. The Morgan fingerprint density at radius 3 is 2.30 bits per heavy atom. The molecule has 3 N–H and O–H groups in total. The van der Waals surface area contributed by atoms with Gasteiger partial charge in [0.05, 0.1) is 9.88 Å². The second-order valence-electron chi connectivity index (χ2n) is 8.48. The molecule has 0 saturated heterocycles. The number of rotatable bonds is 6. The Kier molecular flexibility index (Phi) is 7.50. The van der Waals surface area contributed by atoms with Gasteiger partial charge in [0.2, 0.25) is 5.91 Å². The molecule has 0 radical (unpaired) electrons. The highest BCUT2D eigenvalue weighted by Crippen LogP contribution is 2.30. The van der Waals surface area contributed by atoms with Crippen molar-refractivity contribution in [2.75, 3.05) is 11.9 Å². The van der Waals surface area contributed by atoms with Gasteiger partial charge in [-0.25, -0.2) is 0 Å². The zero-order valence-corrected chi connectivity index (χ0v) is 19.8. The van der Waals surface area contributed by atoms with Crippen molar-refractivity contribution in [3.05, 3.63) is 71.1 Å². The number of benzene rings is 2. The average Bonchev–Trinajstić information content (AvgIpc) is 3.16. The Morgan fingerprint density at radius 2 is 1.61 bits per heavy atom. The van der Waals surface area contributed by atoms with Crippen LogP contribution in [0.1, 0.15) is 36.0 Å². The van der Waals surface area contributed by atoms with Gasteiger partial charge >= 0.3 is 0 Å². The van der Waals surface area contributed by atoms with Crippen LogP contribution in [0.3, 0.4) is 0 Å². The van der Waals surface area contributed by atoms with Gasteiger partial charge in [-0.2, -0.15) is 0 Å². The van der Waals surface area contributed by atoms with E-state index < -0.39 is 17.2 Å². The van der Waals surface area contributed by atoms with Crippen LogP contribution in [-0.4, -0.2) is 24.3 Å². The van der Waals surface area contributed by atoms with Crippen molar-refractivity contribution in [3.63, 3.8) is 0 Å². The van der Waals surface area contributed by atoms with Crippen molar-refractivity contribution in [2.45, 2.75) is 27.7 Å². The largest absolute Gasteiger partial charge is 0.483 e. The molecule has 0 aliphatic rings. The van der Waals surface area contributed by atoms with Crippen LogP contribution in [0.5, 0.6) is 5.75 Å². The van der Waals surface area contributed by atoms with Crippen LogP contribution in [0.25, 0.3) is 11.1 Å². The maximum Gasteiger partial charge on any atom is 0.280 e. The Hall–Kier alpha value is -3.65. The van der Waals surface area contributed by atoms with Crippen LogP contribution in [0.4, 0.5) is 5.00 Å². The fraction of sp³-hybridized carbons (Fsp3) is 0.240. The molecule has 1 aromatic heterocycles. The van der Waals surface area contributed by atoms with E-state index in [2.05, 4.69) is 16.2 Å². The summed E-state index contributed by atoms with van der Waals surface area (Å²) in [4.78, 5) is 37.3. The molecule has 0 spiro atoms. The number of aryl methyl sites for hydroxylation is 1. The first kappa shape index (κ1) is 24.0. The lowest BCUT2D eigenvalue weighted by atomic mass is 9.96. The van der Waals surface area contributed by atoms with Crippen LogP contribution >= 0.6 is 11.3 Å². The standard InChI is InChI=1S/C25H27N3O4S/c1-16-14-21(26-24(31)25(2,3)4)33-22(16)23(30)28-27-20(29)15-32-19-13-9-8-12-18(19)17-10-6-5-7-11-17/h5-14H,15H2,1-4H3,(H,26,31)(H,27,29)(H,28,30). The minimum atomic E-state index is -0.548. The summed E-state index contributed by atoms with van der Waals surface area (Å²) >= 11 is 1.15. The van der Waals surface area contributed by atoms with Crippen molar-refractivity contribution in [1.29, 1.82) is 0 Å². The summed E-state index contributed by atoms with van der Waals surface area (Å²) in [5.41, 5.74) is 6.76. The van der Waals surface area contributed by atoms with Crippen LogP contribution in [0, 0.1) is 12.3 Å². The number of amides is 3. The van der Waals surface area contributed by atoms with Crippen molar-refractivity contribution < 1.29 is 19.1 Å². The molecule has 8 heteroatoms. The van der Waals surface area contributed by atoms with Gasteiger partial charge in [-0.15, -0.1) is 11.3 Å². The van der Waals surface area contributed by atoms with Gasteiger partial charge in [0, 0.05) is 11.0 Å². The Morgan fingerprint density at radius 1 is 0.939 bits per heavy atom. The number of anilines is 1. The third-order valence-corrected chi connectivity index (χ3v) is 5.84. The fourth-order valence-electron chi connectivity index (χ4n) is 2.88. The van der Waals surface area contributed by atoms with Crippen molar-refractivity contribution in [1.82, 2.24) is 10.9 Å². The Labute approximate surface area is 197 Å². The van der Waals surface area contributed by atoms with E-state index in [1.54, 1.807) is 19.1 Å². The lowest BCUT2D eigenvalue weighted by molar-refractivity contribution is -0.124. The number of para-hydroxylation sites is 1. The minimum Gasteiger partial charge on any atom is -0.483 e. The highest BCUT2D eigenvalue weighted by molar-refractivity contribution is 7.18. The van der Waals surface area contributed by atoms with Gasteiger partial charge in [-0.05, 0) is 30.2 Å². The van der Waals surface area contributed by atoms with E-state index in [0.29, 0.717) is 21.2 Å². The fourth-order valence-corrected chi connectivity index (χ4v) is 3.84. The van der Waals surface area contributed by atoms with Crippen LogP contribution < -0.4 is 20.9 Å². The number of carbonyl (C=O) groups is 3. The number of hydrazine groups is 1. The molecule has 0 bridgehead atoms. The summed E-state index contributed by atoms with van der Waals surface area (Å²) < 4.78 is 5.69. The highest BCUT2D eigenvalue weighted by atomic mass is 32.1. The summed E-state index contributed by atoms with van der Waals surface area (Å²) in [5.74, 6) is -0.538. The maximum absolute atomic E-state index is 12.5. The topological polar surface area (TPSA) is 96.5 Å². The third kappa shape index (κ3) is 6.43. The van der Waals surface area contributed by atoms with Crippen molar-refractivity contribution in [3.8, 4) is 16.9 Å². The quantitative estimate of drug-likeness (QED) is 0.466. The molecule has 0 saturated carbocycles. The smallest absolute Gasteiger partial charge is 0.280 e. The molecule has 7 nitrogen and oxygen atoms in total. The van der Waals surface area contributed by atoms with Crippen molar-refractivity contribution >= 4 is 34.1 Å². The summed E-state index contributed by atoms with van der Waals surface area (Å²) in [5, 5.41) is 3.39. The van der Waals surface area contributed by atoms with Gasteiger partial charge < -0.3 is 10.1 Å². The molecule has 0 aliphatic heterocycles. The molecule has 0 fully saturated rings. The maximum atomic E-state index is 12.5. The number of nitrogens with one attached hydrogen (secondary N) is 3. The Balaban J connectivity index is 1.55. The zero-order valence-electron chi connectivity index (χ0n) is 19.0. The molecule has 3 aromatic rings. The first-order valence-electron chi connectivity index (χ1n) is 10.4. The molecule has 3 amide bonds. The number of hydrogen-bond acceptors (Lipinski definition) is 5. The number of hydrogen-bond donors (Lipinski definition) is 3. The second kappa shape index (κ2) is 10.3. The SMILES string of the molecule is Cc1cc(NC(=O)C(C)(C)C)sc1C(=O)NNC(=O)COc1ccccc1-c1ccccc1.